The minimum Gasteiger partial charge on any atom is -0.495 e. The normalized spacial score (nSPS) is 12.7. The molecule has 0 bridgehead atoms. The summed E-state index contributed by atoms with van der Waals surface area (Å²) in [5.41, 5.74) is 8.09. The minimum absolute atomic E-state index is 0. The maximum atomic E-state index is 12.3. The van der Waals surface area contributed by atoms with E-state index in [-0.39, 0.29) is 37.1 Å². The Balaban J connectivity index is 0.00000243. The van der Waals surface area contributed by atoms with Crippen molar-refractivity contribution >= 4 is 46.9 Å². The van der Waals surface area contributed by atoms with E-state index in [2.05, 4.69) is 16.8 Å². The van der Waals surface area contributed by atoms with Gasteiger partial charge in [0.05, 0.1) is 12.8 Å². The SMILES string of the molecule is COc1ccc(NC(=O)CCC(=O)N2CCc3sccc3C2)cc1N.Cl. The van der Waals surface area contributed by atoms with Crippen LogP contribution in [0.3, 0.4) is 0 Å². The lowest BCUT2D eigenvalue weighted by molar-refractivity contribution is -0.133. The number of carbonyl (C=O) groups is 2. The lowest BCUT2D eigenvalue weighted by atomic mass is 10.1. The molecular weight excluding hydrogens is 374 g/mol. The van der Waals surface area contributed by atoms with Gasteiger partial charge in [0.1, 0.15) is 5.75 Å². The van der Waals surface area contributed by atoms with Crippen LogP contribution in [0, 0.1) is 0 Å². The molecule has 0 radical (unpaired) electrons. The van der Waals surface area contributed by atoms with E-state index < -0.39 is 0 Å². The van der Waals surface area contributed by atoms with Gasteiger partial charge in [-0.15, -0.1) is 23.7 Å². The lowest BCUT2D eigenvalue weighted by Gasteiger charge is -2.27. The summed E-state index contributed by atoms with van der Waals surface area (Å²) in [6.07, 6.45) is 1.25. The van der Waals surface area contributed by atoms with E-state index in [9.17, 15) is 9.59 Å². The number of methoxy groups -OCH3 is 1. The van der Waals surface area contributed by atoms with Crippen molar-refractivity contribution in [3.05, 3.63) is 40.1 Å². The maximum absolute atomic E-state index is 12.3. The molecule has 2 heterocycles. The summed E-state index contributed by atoms with van der Waals surface area (Å²) in [4.78, 5) is 27.6. The molecule has 2 amide bonds. The Morgan fingerprint density at radius 2 is 2.12 bits per heavy atom. The van der Waals surface area contributed by atoms with Crippen LogP contribution in [-0.4, -0.2) is 30.4 Å². The fraction of sp³-hybridized carbons (Fsp3) is 0.333. The predicted octanol–water partition coefficient (Wildman–Crippen LogP) is 3.06. The number of fused-ring (bicyclic) bond motifs is 1. The molecule has 0 saturated carbocycles. The minimum atomic E-state index is -0.203. The molecule has 0 atom stereocenters. The number of ether oxygens (including phenoxy) is 1. The molecule has 3 rings (SSSR count). The summed E-state index contributed by atoms with van der Waals surface area (Å²) in [6, 6.07) is 7.13. The van der Waals surface area contributed by atoms with Crippen LogP contribution in [0.4, 0.5) is 11.4 Å². The second-order valence-electron chi connectivity index (χ2n) is 5.94. The molecule has 0 aliphatic carbocycles. The first-order chi connectivity index (χ1) is 12.1. The lowest BCUT2D eigenvalue weighted by Crippen LogP contribution is -2.35. The van der Waals surface area contributed by atoms with Crippen LogP contribution in [0.15, 0.2) is 29.6 Å². The molecule has 1 aromatic carbocycles. The van der Waals surface area contributed by atoms with E-state index in [1.807, 2.05) is 4.90 Å². The number of halogens is 1. The summed E-state index contributed by atoms with van der Waals surface area (Å²) in [5, 5.41) is 4.82. The van der Waals surface area contributed by atoms with Crippen LogP contribution in [0.25, 0.3) is 0 Å². The third-order valence-corrected chi connectivity index (χ3v) is 5.26. The van der Waals surface area contributed by atoms with E-state index in [0.717, 1.165) is 13.0 Å². The predicted molar refractivity (Wildman–Crippen MR) is 106 cm³/mol. The van der Waals surface area contributed by atoms with Gasteiger partial charge in [0, 0.05) is 36.5 Å². The van der Waals surface area contributed by atoms with Gasteiger partial charge in [-0.05, 0) is 41.6 Å². The Morgan fingerprint density at radius 1 is 1.31 bits per heavy atom. The number of nitrogen functional groups attached to an aromatic ring is 1. The average molecular weight is 396 g/mol. The smallest absolute Gasteiger partial charge is 0.224 e. The number of benzene rings is 1. The Bertz CT molecular complexity index is 794. The first kappa shape index (κ1) is 20.1. The molecule has 6 nitrogen and oxygen atoms in total. The van der Waals surface area contributed by atoms with Crippen LogP contribution in [0.5, 0.6) is 5.75 Å². The molecular formula is C18H22ClN3O3S. The number of nitrogens with zero attached hydrogens (tertiary/aromatic N) is 1. The van der Waals surface area contributed by atoms with Gasteiger partial charge in [0.2, 0.25) is 11.8 Å². The topological polar surface area (TPSA) is 84.7 Å². The monoisotopic (exact) mass is 395 g/mol. The van der Waals surface area contributed by atoms with Crippen LogP contribution in [0.2, 0.25) is 0 Å². The van der Waals surface area contributed by atoms with Crippen molar-refractivity contribution in [2.24, 2.45) is 0 Å². The third kappa shape index (κ3) is 4.68. The number of thiophene rings is 1. The fourth-order valence-corrected chi connectivity index (χ4v) is 3.77. The Labute approximate surface area is 162 Å². The van der Waals surface area contributed by atoms with Gasteiger partial charge < -0.3 is 20.7 Å². The average Bonchev–Trinajstić information content (AvgIpc) is 3.07. The van der Waals surface area contributed by atoms with E-state index >= 15 is 0 Å². The molecule has 0 unspecified atom stereocenters. The van der Waals surface area contributed by atoms with Gasteiger partial charge >= 0.3 is 0 Å². The van der Waals surface area contributed by atoms with Crippen molar-refractivity contribution < 1.29 is 14.3 Å². The molecule has 0 fully saturated rings. The summed E-state index contributed by atoms with van der Waals surface area (Å²) >= 11 is 1.74. The highest BCUT2D eigenvalue weighted by molar-refractivity contribution is 7.10. The molecule has 2 aromatic rings. The van der Waals surface area contributed by atoms with Crippen LogP contribution in [-0.2, 0) is 22.6 Å². The highest BCUT2D eigenvalue weighted by Gasteiger charge is 2.21. The molecule has 1 aromatic heterocycles. The maximum Gasteiger partial charge on any atom is 0.224 e. The van der Waals surface area contributed by atoms with Crippen LogP contribution in [0.1, 0.15) is 23.3 Å². The molecule has 1 aliphatic rings. The van der Waals surface area contributed by atoms with Crippen molar-refractivity contribution in [3.8, 4) is 5.75 Å². The Morgan fingerprint density at radius 3 is 2.85 bits per heavy atom. The number of nitrogens with two attached hydrogens (primary N) is 1. The fourth-order valence-electron chi connectivity index (χ4n) is 2.88. The third-order valence-electron chi connectivity index (χ3n) is 4.24. The molecule has 8 heteroatoms. The second-order valence-corrected chi connectivity index (χ2v) is 6.94. The number of rotatable bonds is 5. The van der Waals surface area contributed by atoms with E-state index in [1.165, 1.54) is 17.6 Å². The summed E-state index contributed by atoms with van der Waals surface area (Å²) < 4.78 is 5.08. The van der Waals surface area contributed by atoms with Crippen molar-refractivity contribution in [1.29, 1.82) is 0 Å². The standard InChI is InChI=1S/C18H21N3O3S.ClH/c1-24-15-3-2-13(10-14(15)19)20-17(22)4-5-18(23)21-8-6-16-12(11-21)7-9-25-16;/h2-3,7,9-10H,4-6,8,11,19H2,1H3,(H,20,22);1H. The Hall–Kier alpha value is -2.25. The zero-order valence-corrected chi connectivity index (χ0v) is 16.1. The molecule has 26 heavy (non-hydrogen) atoms. The molecule has 0 spiro atoms. The van der Waals surface area contributed by atoms with E-state index in [0.29, 0.717) is 23.7 Å². The van der Waals surface area contributed by atoms with Gasteiger partial charge in [-0.2, -0.15) is 0 Å². The summed E-state index contributed by atoms with van der Waals surface area (Å²) in [5.74, 6) is 0.374. The zero-order chi connectivity index (χ0) is 17.8. The second kappa shape index (κ2) is 8.91. The van der Waals surface area contributed by atoms with Crippen LogP contribution >= 0.6 is 23.7 Å². The zero-order valence-electron chi connectivity index (χ0n) is 14.5. The van der Waals surface area contributed by atoms with Crippen molar-refractivity contribution in [2.75, 3.05) is 24.7 Å². The quantitative estimate of drug-likeness (QED) is 0.762. The number of hydrogen-bond donors (Lipinski definition) is 2. The van der Waals surface area contributed by atoms with Crippen molar-refractivity contribution in [2.45, 2.75) is 25.8 Å². The number of nitrogens with one attached hydrogen (secondary N) is 1. The van der Waals surface area contributed by atoms with Crippen LogP contribution < -0.4 is 15.8 Å². The highest BCUT2D eigenvalue weighted by atomic mass is 35.5. The highest BCUT2D eigenvalue weighted by Crippen LogP contribution is 2.25. The van der Waals surface area contributed by atoms with Gasteiger partial charge in [0.25, 0.3) is 0 Å². The molecule has 140 valence electrons. The van der Waals surface area contributed by atoms with Crippen molar-refractivity contribution in [3.63, 3.8) is 0 Å². The molecule has 0 saturated heterocycles. The van der Waals surface area contributed by atoms with Gasteiger partial charge in [-0.3, -0.25) is 9.59 Å². The first-order valence-electron chi connectivity index (χ1n) is 8.13. The number of carbonyl (C=O) groups excluding carboxylic acids is 2. The summed E-state index contributed by atoms with van der Waals surface area (Å²) in [6.45, 7) is 1.37. The van der Waals surface area contributed by atoms with Gasteiger partial charge in [-0.1, -0.05) is 0 Å². The number of amides is 2. The number of hydrogen-bond acceptors (Lipinski definition) is 5. The van der Waals surface area contributed by atoms with Gasteiger partial charge in [-0.25, -0.2) is 0 Å². The van der Waals surface area contributed by atoms with Gasteiger partial charge in [0.15, 0.2) is 0 Å². The number of anilines is 2. The van der Waals surface area contributed by atoms with E-state index in [1.54, 1.807) is 29.5 Å². The molecule has 1 aliphatic heterocycles. The summed E-state index contributed by atoms with van der Waals surface area (Å²) in [7, 11) is 1.54. The largest absolute Gasteiger partial charge is 0.495 e. The van der Waals surface area contributed by atoms with E-state index in [4.69, 9.17) is 10.5 Å². The van der Waals surface area contributed by atoms with Crippen molar-refractivity contribution in [1.82, 2.24) is 4.90 Å². The molecule has 3 N–H and O–H groups in total. The first-order valence-corrected chi connectivity index (χ1v) is 9.01. The Kier molecular flexibility index (Phi) is 6.88.